The normalized spacial score (nSPS) is 13.6. The summed E-state index contributed by atoms with van der Waals surface area (Å²) >= 11 is 0. The molecule has 0 bridgehead atoms. The molecule has 2 N–H and O–H groups in total. The Hall–Kier alpha value is -4.34. The second-order valence-corrected chi connectivity index (χ2v) is 16.5. The number of amides is 2. The van der Waals surface area contributed by atoms with E-state index in [9.17, 15) is 14.4 Å². The number of hydrogen-bond donors (Lipinski definition) is 2. The summed E-state index contributed by atoms with van der Waals surface area (Å²) in [5, 5.41) is 14.6. The first-order chi connectivity index (χ1) is 26.3. The molecule has 298 valence electrons. The van der Waals surface area contributed by atoms with Gasteiger partial charge in [0.2, 0.25) is 5.91 Å². The van der Waals surface area contributed by atoms with Crippen LogP contribution in [0, 0.1) is 11.3 Å². The second kappa shape index (κ2) is 21.1. The van der Waals surface area contributed by atoms with E-state index in [0.717, 1.165) is 47.9 Å². The van der Waals surface area contributed by atoms with Crippen molar-refractivity contribution in [2.75, 3.05) is 26.4 Å². The Balaban J connectivity index is 1.31. The molecule has 13 nitrogen and oxygen atoms in total. The van der Waals surface area contributed by atoms with Crippen molar-refractivity contribution >= 4 is 26.6 Å². The number of carbonyl (C=O) groups is 3. The van der Waals surface area contributed by atoms with E-state index in [1.54, 1.807) is 20.8 Å². The van der Waals surface area contributed by atoms with E-state index in [-0.39, 0.29) is 36.9 Å². The fraction of sp³-hybridized carbons (Fsp3) is 0.537. The quantitative estimate of drug-likeness (QED) is 0.0849. The summed E-state index contributed by atoms with van der Waals surface area (Å²) in [7, 11) is -1.28. The highest BCUT2D eigenvalue weighted by atomic mass is 31.2. The zero-order valence-corrected chi connectivity index (χ0v) is 34.1. The molecule has 4 rings (SSSR count). The van der Waals surface area contributed by atoms with Gasteiger partial charge < -0.3 is 29.2 Å². The largest absolute Gasteiger partial charge is 0.449 e. The molecular weight excluding hydrogens is 719 g/mol. The zero-order chi connectivity index (χ0) is 40.0. The first-order valence-electron chi connectivity index (χ1n) is 19.2. The molecule has 0 aliphatic heterocycles. The Bertz CT molecular complexity index is 1700. The van der Waals surface area contributed by atoms with E-state index in [1.807, 2.05) is 36.4 Å². The number of benzene rings is 2. The van der Waals surface area contributed by atoms with Crippen LogP contribution in [0.4, 0.5) is 9.59 Å². The maximum absolute atomic E-state index is 13.5. The van der Waals surface area contributed by atoms with Crippen LogP contribution in [0.2, 0.25) is 0 Å². The highest BCUT2D eigenvalue weighted by molar-refractivity contribution is 7.44. The van der Waals surface area contributed by atoms with Crippen molar-refractivity contribution in [1.29, 1.82) is 5.26 Å². The number of rotatable bonds is 20. The fourth-order valence-corrected chi connectivity index (χ4v) is 8.08. The van der Waals surface area contributed by atoms with Crippen LogP contribution in [0.5, 0.6) is 0 Å². The third kappa shape index (κ3) is 13.1. The summed E-state index contributed by atoms with van der Waals surface area (Å²) < 4.78 is 26.8. The van der Waals surface area contributed by atoms with Crippen LogP contribution in [0.3, 0.4) is 0 Å². The van der Waals surface area contributed by atoms with E-state index in [0.29, 0.717) is 31.9 Å². The molecule has 1 unspecified atom stereocenters. The third-order valence-electron chi connectivity index (χ3n) is 8.84. The average molecular weight is 777 g/mol. The minimum Gasteiger partial charge on any atom is -0.449 e. The molecule has 2 atom stereocenters. The van der Waals surface area contributed by atoms with Crippen LogP contribution in [0.25, 0.3) is 11.1 Å². The molecule has 55 heavy (non-hydrogen) atoms. The van der Waals surface area contributed by atoms with Gasteiger partial charge in [0.15, 0.2) is 0 Å². The SMILES string of the molecule is CC(C)N(C(C)C)P(OCCC#N)OCCCCCCNC(=O)[C@H](Cc1cn(C(=O)OC(C)(C)C)cn1)NC(=O)OCC1c2ccccc2-c2ccccc21. The molecule has 0 radical (unpaired) electrons. The van der Waals surface area contributed by atoms with Crippen LogP contribution in [-0.4, -0.2) is 82.4 Å². The van der Waals surface area contributed by atoms with Crippen molar-refractivity contribution in [3.05, 3.63) is 77.9 Å². The highest BCUT2D eigenvalue weighted by Crippen LogP contribution is 2.46. The van der Waals surface area contributed by atoms with Gasteiger partial charge in [0.1, 0.15) is 24.6 Å². The van der Waals surface area contributed by atoms with Gasteiger partial charge in [0.25, 0.3) is 8.53 Å². The number of aromatic nitrogens is 2. The van der Waals surface area contributed by atoms with Crippen LogP contribution in [-0.2, 0) is 29.7 Å². The number of fused-ring (bicyclic) bond motifs is 3. The van der Waals surface area contributed by atoms with Gasteiger partial charge in [0, 0.05) is 37.2 Å². The molecule has 1 heterocycles. The van der Waals surface area contributed by atoms with Crippen LogP contribution < -0.4 is 10.6 Å². The Kier molecular flexibility index (Phi) is 16.6. The Morgan fingerprint density at radius 1 is 0.927 bits per heavy atom. The first kappa shape index (κ1) is 43.4. The van der Waals surface area contributed by atoms with Gasteiger partial charge in [-0.15, -0.1) is 0 Å². The maximum Gasteiger partial charge on any atom is 0.419 e. The number of nitriles is 1. The molecule has 0 fully saturated rings. The number of alkyl carbamates (subject to hydrolysis) is 1. The van der Waals surface area contributed by atoms with Crippen molar-refractivity contribution in [3.8, 4) is 17.2 Å². The first-order valence-corrected chi connectivity index (χ1v) is 20.3. The number of hydrogen-bond acceptors (Lipinski definition) is 10. The van der Waals surface area contributed by atoms with Gasteiger partial charge in [0.05, 0.1) is 31.4 Å². The van der Waals surface area contributed by atoms with E-state index in [1.165, 1.54) is 17.1 Å². The average Bonchev–Trinajstić information content (AvgIpc) is 3.73. The van der Waals surface area contributed by atoms with Gasteiger partial charge in [-0.3, -0.25) is 4.79 Å². The summed E-state index contributed by atoms with van der Waals surface area (Å²) in [6.07, 6.45) is 5.17. The minimum absolute atomic E-state index is 0.0341. The molecular formula is C41H57N6O7P. The lowest BCUT2D eigenvalue weighted by molar-refractivity contribution is -0.123. The van der Waals surface area contributed by atoms with E-state index in [2.05, 4.69) is 66.2 Å². The number of ether oxygens (including phenoxy) is 2. The summed E-state index contributed by atoms with van der Waals surface area (Å²) in [5.41, 5.74) is 4.14. The standard InChI is InChI=1S/C41H57N6O7P/c1-29(2)47(30(3)4)55(53-24-16-21-42)52-23-15-9-8-14-22-43-38(48)37(25-31-26-46(28-44-31)40(50)54-41(5,6)7)45-39(49)51-27-36-34-19-12-10-17-32(34)33-18-11-13-20-35(33)36/h10-13,17-20,26,28-30,36-37H,8-9,14-16,22-25,27H2,1-7H3,(H,43,48)(H,45,49)/t37-,55?/m0/s1. The summed E-state index contributed by atoms with van der Waals surface area (Å²) in [6, 6.07) is 17.8. The minimum atomic E-state index is -1.28. The lowest BCUT2D eigenvalue weighted by Gasteiger charge is -2.35. The fourth-order valence-electron chi connectivity index (χ4n) is 6.46. The number of nitrogens with one attached hydrogen (secondary N) is 2. The van der Waals surface area contributed by atoms with Crippen molar-refractivity contribution in [1.82, 2.24) is 24.9 Å². The van der Waals surface area contributed by atoms with E-state index in [4.69, 9.17) is 23.8 Å². The van der Waals surface area contributed by atoms with Crippen molar-refractivity contribution in [2.24, 2.45) is 0 Å². The molecule has 1 aliphatic rings. The monoisotopic (exact) mass is 776 g/mol. The molecule has 1 aliphatic carbocycles. The summed E-state index contributed by atoms with van der Waals surface area (Å²) in [4.78, 5) is 43.7. The lowest BCUT2D eigenvalue weighted by atomic mass is 9.98. The van der Waals surface area contributed by atoms with Gasteiger partial charge in [-0.1, -0.05) is 61.4 Å². The van der Waals surface area contributed by atoms with Gasteiger partial charge in [-0.05, 0) is 83.6 Å². The highest BCUT2D eigenvalue weighted by Gasteiger charge is 2.31. The number of nitrogens with zero attached hydrogens (tertiary/aromatic N) is 4. The predicted molar refractivity (Wildman–Crippen MR) is 212 cm³/mol. The molecule has 0 spiro atoms. The van der Waals surface area contributed by atoms with Gasteiger partial charge in [-0.2, -0.15) is 5.26 Å². The molecule has 1 aromatic heterocycles. The van der Waals surface area contributed by atoms with Crippen LogP contribution in [0.1, 0.15) is 103 Å². The van der Waals surface area contributed by atoms with Crippen molar-refractivity contribution < 1.29 is 32.9 Å². The number of carbonyl (C=O) groups excluding carboxylic acids is 3. The van der Waals surface area contributed by atoms with Crippen molar-refractivity contribution in [2.45, 2.75) is 117 Å². The zero-order valence-electron chi connectivity index (χ0n) is 33.2. The summed E-state index contributed by atoms with van der Waals surface area (Å²) in [5.74, 6) is -0.515. The third-order valence-corrected chi connectivity index (χ3v) is 10.9. The van der Waals surface area contributed by atoms with Crippen LogP contribution >= 0.6 is 8.53 Å². The van der Waals surface area contributed by atoms with Gasteiger partial charge in [-0.25, -0.2) is 23.8 Å². The molecule has 0 saturated carbocycles. The smallest absolute Gasteiger partial charge is 0.419 e. The molecule has 14 heteroatoms. The Morgan fingerprint density at radius 2 is 1.55 bits per heavy atom. The maximum atomic E-state index is 13.5. The molecule has 2 amide bonds. The van der Waals surface area contributed by atoms with E-state index < -0.39 is 32.4 Å². The molecule has 2 aromatic carbocycles. The Labute approximate surface area is 327 Å². The summed E-state index contributed by atoms with van der Waals surface area (Å²) in [6.45, 7) is 15.1. The lowest BCUT2D eigenvalue weighted by Crippen LogP contribution is -2.48. The topological polar surface area (TPSA) is 157 Å². The van der Waals surface area contributed by atoms with E-state index >= 15 is 0 Å². The van der Waals surface area contributed by atoms with Gasteiger partial charge >= 0.3 is 12.2 Å². The number of unbranched alkanes of at least 4 members (excludes halogenated alkanes) is 3. The molecule has 3 aromatic rings. The number of imidazole rings is 1. The van der Waals surface area contributed by atoms with Crippen LogP contribution in [0.15, 0.2) is 61.1 Å². The molecule has 0 saturated heterocycles. The second-order valence-electron chi connectivity index (χ2n) is 15.1. The predicted octanol–water partition coefficient (Wildman–Crippen LogP) is 8.09. The Morgan fingerprint density at radius 3 is 2.16 bits per heavy atom. The van der Waals surface area contributed by atoms with Crippen molar-refractivity contribution in [3.63, 3.8) is 0 Å².